The van der Waals surface area contributed by atoms with Crippen LogP contribution >= 0.6 is 0 Å². The molecule has 1 heterocycles. The number of aromatic amines is 1. The first-order valence-corrected chi connectivity index (χ1v) is 7.53. The molecule has 0 fully saturated rings. The van der Waals surface area contributed by atoms with Crippen molar-refractivity contribution in [3.63, 3.8) is 0 Å². The van der Waals surface area contributed by atoms with Crippen LogP contribution in [0.5, 0.6) is 0 Å². The van der Waals surface area contributed by atoms with Gasteiger partial charge in [0.1, 0.15) is 5.82 Å². The smallest absolute Gasteiger partial charge is 0.335 e. The summed E-state index contributed by atoms with van der Waals surface area (Å²) >= 11 is 0. The third-order valence-electron chi connectivity index (χ3n) is 3.85. The molecule has 0 atom stereocenters. The van der Waals surface area contributed by atoms with Gasteiger partial charge < -0.3 is 10.1 Å². The van der Waals surface area contributed by atoms with E-state index >= 15 is 0 Å². The third-order valence-corrected chi connectivity index (χ3v) is 3.85. The molecule has 0 aliphatic rings. The molecule has 0 aliphatic heterocycles. The monoisotopic (exact) mass is 306 g/mol. The second-order valence-electron chi connectivity index (χ2n) is 5.81. The molecule has 3 aromatic rings. The van der Waals surface area contributed by atoms with Crippen LogP contribution in [0.25, 0.3) is 22.6 Å². The number of benzene rings is 2. The number of aromatic nitrogens is 2. The average Bonchev–Trinajstić information content (AvgIpc) is 3.05. The minimum atomic E-state index is -0.942. The standard InChI is InChI=1S/C19H18N2O2/c1-12(2)13-6-8-14(9-7-13)17-11-20-18(21-17)15-4-3-5-16(10-15)19(22)23/h3-12H,1-2H3,(H,20,21)(H,22,23). The Labute approximate surface area is 134 Å². The lowest BCUT2D eigenvalue weighted by molar-refractivity contribution is 0.0697. The Morgan fingerprint density at radius 2 is 1.83 bits per heavy atom. The van der Waals surface area contributed by atoms with Gasteiger partial charge in [0.2, 0.25) is 0 Å². The minimum Gasteiger partial charge on any atom is -0.478 e. The van der Waals surface area contributed by atoms with Crippen molar-refractivity contribution in [2.45, 2.75) is 19.8 Å². The van der Waals surface area contributed by atoms with E-state index < -0.39 is 5.97 Å². The van der Waals surface area contributed by atoms with Crippen LogP contribution in [-0.2, 0) is 0 Å². The van der Waals surface area contributed by atoms with Gasteiger partial charge in [-0.3, -0.25) is 0 Å². The van der Waals surface area contributed by atoms with Gasteiger partial charge in [-0.25, -0.2) is 9.78 Å². The number of H-pyrrole nitrogens is 1. The van der Waals surface area contributed by atoms with E-state index in [-0.39, 0.29) is 5.56 Å². The van der Waals surface area contributed by atoms with Gasteiger partial charge in [0, 0.05) is 5.56 Å². The van der Waals surface area contributed by atoms with Gasteiger partial charge in [0.05, 0.1) is 17.5 Å². The Morgan fingerprint density at radius 1 is 1.09 bits per heavy atom. The first-order valence-electron chi connectivity index (χ1n) is 7.53. The fourth-order valence-electron chi connectivity index (χ4n) is 2.46. The minimum absolute atomic E-state index is 0.252. The lowest BCUT2D eigenvalue weighted by Gasteiger charge is -2.05. The molecule has 23 heavy (non-hydrogen) atoms. The van der Waals surface area contributed by atoms with Gasteiger partial charge in [0.25, 0.3) is 0 Å². The van der Waals surface area contributed by atoms with Crippen molar-refractivity contribution in [1.82, 2.24) is 9.97 Å². The average molecular weight is 306 g/mol. The van der Waals surface area contributed by atoms with E-state index in [1.807, 2.05) is 6.07 Å². The molecule has 4 nitrogen and oxygen atoms in total. The molecule has 0 unspecified atom stereocenters. The number of hydrogen-bond acceptors (Lipinski definition) is 2. The van der Waals surface area contributed by atoms with Crippen molar-refractivity contribution in [3.8, 4) is 22.6 Å². The number of carboxylic acid groups (broad SMARTS) is 1. The molecule has 3 rings (SSSR count). The van der Waals surface area contributed by atoms with Gasteiger partial charge in [-0.05, 0) is 29.2 Å². The van der Waals surface area contributed by atoms with Crippen molar-refractivity contribution in [3.05, 3.63) is 65.9 Å². The van der Waals surface area contributed by atoms with Crippen LogP contribution in [0.2, 0.25) is 0 Å². The highest BCUT2D eigenvalue weighted by Gasteiger charge is 2.09. The number of nitrogens with one attached hydrogen (secondary N) is 1. The summed E-state index contributed by atoms with van der Waals surface area (Å²) in [6.07, 6.45) is 1.77. The SMILES string of the molecule is CC(C)c1ccc(-c2cnc(-c3cccc(C(=O)O)c3)[nH]2)cc1. The van der Waals surface area contributed by atoms with Crippen LogP contribution in [0.3, 0.4) is 0 Å². The third kappa shape index (κ3) is 3.16. The maximum Gasteiger partial charge on any atom is 0.335 e. The summed E-state index contributed by atoms with van der Waals surface area (Å²) < 4.78 is 0. The van der Waals surface area contributed by atoms with E-state index in [1.54, 1.807) is 24.4 Å². The summed E-state index contributed by atoms with van der Waals surface area (Å²) in [5.74, 6) is 0.221. The molecule has 0 amide bonds. The van der Waals surface area contributed by atoms with Gasteiger partial charge in [-0.1, -0.05) is 50.2 Å². The van der Waals surface area contributed by atoms with Crippen LogP contribution in [0, 0.1) is 0 Å². The van der Waals surface area contributed by atoms with E-state index in [0.29, 0.717) is 11.7 Å². The first kappa shape index (κ1) is 15.0. The Balaban J connectivity index is 1.91. The van der Waals surface area contributed by atoms with Crippen LogP contribution in [0.1, 0.15) is 35.7 Å². The van der Waals surface area contributed by atoms with Crippen LogP contribution in [0.15, 0.2) is 54.7 Å². The highest BCUT2D eigenvalue weighted by Crippen LogP contribution is 2.24. The summed E-state index contributed by atoms with van der Waals surface area (Å²) in [5.41, 5.74) is 4.28. The lowest BCUT2D eigenvalue weighted by Crippen LogP contribution is -1.96. The zero-order valence-electron chi connectivity index (χ0n) is 13.1. The number of carbonyl (C=O) groups is 1. The Kier molecular flexibility index (Phi) is 3.98. The summed E-state index contributed by atoms with van der Waals surface area (Å²) in [5, 5.41) is 9.08. The topological polar surface area (TPSA) is 66.0 Å². The Bertz CT molecular complexity index is 833. The molecule has 0 bridgehead atoms. The van der Waals surface area contributed by atoms with E-state index in [4.69, 9.17) is 5.11 Å². The predicted octanol–water partition coefficient (Wildman–Crippen LogP) is 4.57. The number of rotatable bonds is 4. The quantitative estimate of drug-likeness (QED) is 0.742. The summed E-state index contributed by atoms with van der Waals surface area (Å²) in [6.45, 7) is 4.33. The summed E-state index contributed by atoms with van der Waals surface area (Å²) in [6, 6.07) is 15.1. The largest absolute Gasteiger partial charge is 0.478 e. The fraction of sp³-hybridized carbons (Fsp3) is 0.158. The van der Waals surface area contributed by atoms with Gasteiger partial charge in [-0.15, -0.1) is 0 Å². The van der Waals surface area contributed by atoms with Gasteiger partial charge in [0.15, 0.2) is 0 Å². The van der Waals surface area contributed by atoms with Crippen LogP contribution in [0.4, 0.5) is 0 Å². The van der Waals surface area contributed by atoms with Crippen LogP contribution < -0.4 is 0 Å². The highest BCUT2D eigenvalue weighted by atomic mass is 16.4. The number of aromatic carboxylic acids is 1. The number of nitrogens with zero attached hydrogens (tertiary/aromatic N) is 1. The molecule has 0 aliphatic carbocycles. The molecular formula is C19H18N2O2. The highest BCUT2D eigenvalue weighted by molar-refractivity contribution is 5.89. The maximum atomic E-state index is 11.1. The molecule has 4 heteroatoms. The normalized spacial score (nSPS) is 10.9. The molecule has 116 valence electrons. The number of carboxylic acids is 1. The summed E-state index contributed by atoms with van der Waals surface area (Å²) in [4.78, 5) is 18.7. The molecule has 2 N–H and O–H groups in total. The first-order chi connectivity index (χ1) is 11.0. The van der Waals surface area contributed by atoms with Crippen molar-refractivity contribution in [2.24, 2.45) is 0 Å². The second kappa shape index (κ2) is 6.08. The number of hydrogen-bond donors (Lipinski definition) is 2. The van der Waals surface area contributed by atoms with Crippen molar-refractivity contribution in [1.29, 1.82) is 0 Å². The number of imidazole rings is 1. The molecule has 0 spiro atoms. The van der Waals surface area contributed by atoms with E-state index in [2.05, 4.69) is 48.1 Å². The molecule has 0 saturated heterocycles. The molecular weight excluding hydrogens is 288 g/mol. The van der Waals surface area contributed by atoms with E-state index in [0.717, 1.165) is 16.8 Å². The zero-order valence-corrected chi connectivity index (χ0v) is 13.1. The van der Waals surface area contributed by atoms with E-state index in [9.17, 15) is 4.79 Å². The molecule has 2 aromatic carbocycles. The van der Waals surface area contributed by atoms with Crippen LogP contribution in [-0.4, -0.2) is 21.0 Å². The maximum absolute atomic E-state index is 11.1. The fourth-order valence-corrected chi connectivity index (χ4v) is 2.46. The summed E-state index contributed by atoms with van der Waals surface area (Å²) in [7, 11) is 0. The van der Waals surface area contributed by atoms with Crippen molar-refractivity contribution in [2.75, 3.05) is 0 Å². The molecule has 0 radical (unpaired) electrons. The van der Waals surface area contributed by atoms with Crippen molar-refractivity contribution >= 4 is 5.97 Å². The Hall–Kier alpha value is -2.88. The van der Waals surface area contributed by atoms with Crippen molar-refractivity contribution < 1.29 is 9.90 Å². The zero-order chi connectivity index (χ0) is 16.4. The van der Waals surface area contributed by atoms with Gasteiger partial charge in [-0.2, -0.15) is 0 Å². The van der Waals surface area contributed by atoms with E-state index in [1.165, 1.54) is 5.56 Å². The lowest BCUT2D eigenvalue weighted by atomic mass is 10.0. The predicted molar refractivity (Wildman–Crippen MR) is 90.5 cm³/mol. The Morgan fingerprint density at radius 3 is 2.48 bits per heavy atom. The molecule has 1 aromatic heterocycles. The van der Waals surface area contributed by atoms with Gasteiger partial charge >= 0.3 is 5.97 Å². The molecule has 0 saturated carbocycles. The second-order valence-corrected chi connectivity index (χ2v) is 5.81.